The molecule has 2 fully saturated rings. The van der Waals surface area contributed by atoms with Crippen molar-refractivity contribution in [3.05, 3.63) is 35.9 Å². The van der Waals surface area contributed by atoms with Gasteiger partial charge < -0.3 is 9.47 Å². The predicted octanol–water partition coefficient (Wildman–Crippen LogP) is 1.83. The summed E-state index contributed by atoms with van der Waals surface area (Å²) in [5.74, 6) is 0.247. The molecule has 1 heterocycles. The number of Topliss-reactive ketones (excluding diaryl/α,β-unsaturated/α-hetero) is 1. The molecule has 1 saturated carbocycles. The van der Waals surface area contributed by atoms with Crippen molar-refractivity contribution in [3.63, 3.8) is 0 Å². The van der Waals surface area contributed by atoms with Gasteiger partial charge >= 0.3 is 0 Å². The van der Waals surface area contributed by atoms with E-state index < -0.39 is 0 Å². The Morgan fingerprint density at radius 2 is 1.60 bits per heavy atom. The number of carbonyl (C=O) groups excluding carboxylic acids is 1. The van der Waals surface area contributed by atoms with Crippen LogP contribution in [0.15, 0.2) is 30.3 Å². The fraction of sp³-hybridized carbons (Fsp3) is 0.417. The monoisotopic (exact) mass is 204 g/mol. The number of ether oxygens (including phenoxy) is 2. The van der Waals surface area contributed by atoms with Crippen LogP contribution in [0.1, 0.15) is 24.7 Å². The molecule has 0 bridgehead atoms. The van der Waals surface area contributed by atoms with E-state index in [9.17, 15) is 4.79 Å². The van der Waals surface area contributed by atoms with Crippen molar-refractivity contribution in [1.82, 2.24) is 0 Å². The summed E-state index contributed by atoms with van der Waals surface area (Å²) in [5, 5.41) is 0. The van der Waals surface area contributed by atoms with Gasteiger partial charge in [-0.2, -0.15) is 0 Å². The quantitative estimate of drug-likeness (QED) is 0.700. The maximum atomic E-state index is 11.1. The van der Waals surface area contributed by atoms with Gasteiger partial charge in [-0.15, -0.1) is 0 Å². The molecule has 1 aromatic rings. The molecule has 78 valence electrons. The van der Waals surface area contributed by atoms with Crippen LogP contribution in [0.5, 0.6) is 0 Å². The number of fused-ring (bicyclic) bond motifs is 1. The maximum Gasteiger partial charge on any atom is 0.184 e. The molecule has 1 aromatic carbocycles. The second-order valence-electron chi connectivity index (χ2n) is 4.04. The van der Waals surface area contributed by atoms with Crippen LogP contribution in [0.4, 0.5) is 0 Å². The number of hydrogen-bond donors (Lipinski definition) is 0. The molecule has 0 radical (unpaired) electrons. The van der Waals surface area contributed by atoms with E-state index in [4.69, 9.17) is 9.47 Å². The van der Waals surface area contributed by atoms with Crippen molar-refractivity contribution in [2.75, 3.05) is 0 Å². The first-order valence-electron chi connectivity index (χ1n) is 5.20. The Morgan fingerprint density at radius 3 is 2.20 bits per heavy atom. The lowest BCUT2D eigenvalue weighted by Gasteiger charge is -2.11. The molecule has 0 amide bonds. The summed E-state index contributed by atoms with van der Waals surface area (Å²) in [6, 6.07) is 9.84. The lowest BCUT2D eigenvalue weighted by Crippen LogP contribution is -2.13. The third kappa shape index (κ3) is 1.58. The van der Waals surface area contributed by atoms with Gasteiger partial charge in [-0.25, -0.2) is 0 Å². The zero-order chi connectivity index (χ0) is 10.3. The van der Waals surface area contributed by atoms with Gasteiger partial charge in [-0.1, -0.05) is 30.3 Å². The molecule has 0 N–H and O–H groups in total. The molecule has 15 heavy (non-hydrogen) atoms. The molecular formula is C12H12O3. The molecule has 3 rings (SSSR count). The molecule has 3 heteroatoms. The van der Waals surface area contributed by atoms with Gasteiger partial charge in [0.05, 0.1) is 12.2 Å². The van der Waals surface area contributed by atoms with Gasteiger partial charge in [0.25, 0.3) is 0 Å². The first-order chi connectivity index (χ1) is 7.33. The second kappa shape index (κ2) is 3.43. The van der Waals surface area contributed by atoms with E-state index in [1.165, 1.54) is 0 Å². The Balaban J connectivity index is 1.76. The number of rotatable bonds is 1. The van der Waals surface area contributed by atoms with Crippen molar-refractivity contribution < 1.29 is 14.3 Å². The molecule has 1 aliphatic heterocycles. The maximum absolute atomic E-state index is 11.1. The van der Waals surface area contributed by atoms with Gasteiger partial charge in [-0.05, 0) is 0 Å². The molecule has 2 aliphatic rings. The Kier molecular flexibility index (Phi) is 2.08. The van der Waals surface area contributed by atoms with Crippen molar-refractivity contribution in [2.24, 2.45) is 0 Å². The average molecular weight is 204 g/mol. The van der Waals surface area contributed by atoms with Crippen LogP contribution >= 0.6 is 0 Å². The van der Waals surface area contributed by atoms with E-state index in [0.29, 0.717) is 12.8 Å². The largest absolute Gasteiger partial charge is 0.342 e. The summed E-state index contributed by atoms with van der Waals surface area (Å²) >= 11 is 0. The van der Waals surface area contributed by atoms with E-state index in [-0.39, 0.29) is 24.3 Å². The summed E-state index contributed by atoms with van der Waals surface area (Å²) in [7, 11) is 0. The molecule has 1 unspecified atom stereocenters. The molecule has 1 aliphatic carbocycles. The predicted molar refractivity (Wildman–Crippen MR) is 53.2 cm³/mol. The van der Waals surface area contributed by atoms with Gasteiger partial charge in [-0.3, -0.25) is 4.79 Å². The second-order valence-corrected chi connectivity index (χ2v) is 4.04. The minimum absolute atomic E-state index is 0.0253. The van der Waals surface area contributed by atoms with E-state index in [1.54, 1.807) is 0 Å². The smallest absolute Gasteiger partial charge is 0.184 e. The normalized spacial score (nSPS) is 34.4. The highest BCUT2D eigenvalue weighted by Crippen LogP contribution is 2.37. The van der Waals surface area contributed by atoms with Gasteiger partial charge in [0.2, 0.25) is 0 Å². The number of hydrogen-bond acceptors (Lipinski definition) is 3. The average Bonchev–Trinajstić information content (AvgIpc) is 2.76. The summed E-state index contributed by atoms with van der Waals surface area (Å²) in [5.41, 5.74) is 1.03. The SMILES string of the molecule is O=C1C[C@@H]2OC(c3ccccc3)O[C@@H]2C1. The Morgan fingerprint density at radius 1 is 1.00 bits per heavy atom. The van der Waals surface area contributed by atoms with Gasteiger partial charge in [0.1, 0.15) is 5.78 Å². The van der Waals surface area contributed by atoms with E-state index in [1.807, 2.05) is 30.3 Å². The standard InChI is InChI=1S/C12H12O3/c13-9-6-10-11(7-9)15-12(14-10)8-4-2-1-3-5-8/h1-5,10-12H,6-7H2/t10-,11+,12?. The summed E-state index contributed by atoms with van der Waals surface area (Å²) in [6.45, 7) is 0. The molecule has 1 saturated heterocycles. The summed E-state index contributed by atoms with van der Waals surface area (Å²) in [6.07, 6.45) is 0.682. The third-order valence-corrected chi connectivity index (χ3v) is 2.94. The molecular weight excluding hydrogens is 192 g/mol. The van der Waals surface area contributed by atoms with Crippen molar-refractivity contribution in [3.8, 4) is 0 Å². The lowest BCUT2D eigenvalue weighted by molar-refractivity contribution is -0.124. The van der Waals surface area contributed by atoms with Crippen molar-refractivity contribution >= 4 is 5.78 Å². The minimum Gasteiger partial charge on any atom is -0.342 e. The molecule has 3 nitrogen and oxygen atoms in total. The third-order valence-electron chi connectivity index (χ3n) is 2.94. The molecule has 0 aromatic heterocycles. The van der Waals surface area contributed by atoms with Gasteiger partial charge in [0.15, 0.2) is 6.29 Å². The van der Waals surface area contributed by atoms with Crippen molar-refractivity contribution in [1.29, 1.82) is 0 Å². The van der Waals surface area contributed by atoms with E-state index in [0.717, 1.165) is 5.56 Å². The van der Waals surface area contributed by atoms with Crippen LogP contribution in [0, 0.1) is 0 Å². The lowest BCUT2D eigenvalue weighted by atomic mass is 10.2. The zero-order valence-electron chi connectivity index (χ0n) is 8.26. The van der Waals surface area contributed by atoms with Crippen LogP contribution < -0.4 is 0 Å². The highest BCUT2D eigenvalue weighted by atomic mass is 16.7. The Hall–Kier alpha value is -1.19. The summed E-state index contributed by atoms with van der Waals surface area (Å²) < 4.78 is 11.4. The topological polar surface area (TPSA) is 35.5 Å². The van der Waals surface area contributed by atoms with Crippen LogP contribution in [0.25, 0.3) is 0 Å². The summed E-state index contributed by atoms with van der Waals surface area (Å²) in [4.78, 5) is 11.1. The molecule has 3 atom stereocenters. The fourth-order valence-corrected chi connectivity index (χ4v) is 2.18. The zero-order valence-corrected chi connectivity index (χ0v) is 8.26. The molecule has 0 spiro atoms. The van der Waals surface area contributed by atoms with Crippen molar-refractivity contribution in [2.45, 2.75) is 31.3 Å². The first-order valence-corrected chi connectivity index (χ1v) is 5.20. The first kappa shape index (κ1) is 9.07. The fourth-order valence-electron chi connectivity index (χ4n) is 2.18. The van der Waals surface area contributed by atoms with Crippen LogP contribution in [-0.4, -0.2) is 18.0 Å². The number of benzene rings is 1. The highest BCUT2D eigenvalue weighted by Gasteiger charge is 2.43. The van der Waals surface area contributed by atoms with E-state index >= 15 is 0 Å². The van der Waals surface area contributed by atoms with E-state index in [2.05, 4.69) is 0 Å². The Bertz CT molecular complexity index is 358. The van der Waals surface area contributed by atoms with Crippen LogP contribution in [-0.2, 0) is 14.3 Å². The van der Waals surface area contributed by atoms with Crippen LogP contribution in [0.2, 0.25) is 0 Å². The minimum atomic E-state index is -0.283. The highest BCUT2D eigenvalue weighted by molar-refractivity contribution is 5.82. The van der Waals surface area contributed by atoms with Gasteiger partial charge in [0, 0.05) is 18.4 Å². The van der Waals surface area contributed by atoms with Crippen LogP contribution in [0.3, 0.4) is 0 Å². The number of ketones is 1. The Labute approximate surface area is 88.0 Å². The number of carbonyl (C=O) groups is 1.